The molecule has 7 nitrogen and oxygen atoms in total. The fourth-order valence-corrected chi connectivity index (χ4v) is 12.1. The molecule has 7 atom stereocenters. The van der Waals surface area contributed by atoms with Gasteiger partial charge >= 0.3 is 5.97 Å². The molecule has 1 heterocycles. The summed E-state index contributed by atoms with van der Waals surface area (Å²) in [5.74, 6) is 0.985. The minimum absolute atomic E-state index is 0.00881. The van der Waals surface area contributed by atoms with Crippen molar-refractivity contribution in [3.8, 4) is 5.75 Å². The van der Waals surface area contributed by atoms with Crippen molar-refractivity contribution in [2.75, 3.05) is 13.7 Å². The molecule has 0 spiro atoms. The molecule has 5 aliphatic carbocycles. The third-order valence-electron chi connectivity index (χ3n) is 14.7. The second kappa shape index (κ2) is 10.0. The molecule has 1 unspecified atom stereocenters. The molecular weight excluding hydrogens is 574 g/mol. The second-order valence-electron chi connectivity index (χ2n) is 17.7. The topological polar surface area (TPSA) is 101 Å². The van der Waals surface area contributed by atoms with E-state index in [0.717, 1.165) is 80.2 Å². The van der Waals surface area contributed by atoms with Crippen molar-refractivity contribution in [1.29, 1.82) is 0 Å². The molecule has 1 aromatic heterocycles. The van der Waals surface area contributed by atoms with Crippen LogP contribution < -0.4 is 5.32 Å². The number of methoxy groups -OCH3 is 1. The lowest BCUT2D eigenvalue weighted by Crippen LogP contribution is -2.65. The van der Waals surface area contributed by atoms with Gasteiger partial charge in [0.1, 0.15) is 12.3 Å². The first-order valence-electron chi connectivity index (χ1n) is 17.6. The van der Waals surface area contributed by atoms with E-state index in [4.69, 9.17) is 14.7 Å². The van der Waals surface area contributed by atoms with Crippen LogP contribution in [-0.2, 0) is 26.2 Å². The molecular formula is C39H53N3O4. The Morgan fingerprint density at radius 1 is 0.957 bits per heavy atom. The number of amides is 1. The first-order valence-corrected chi connectivity index (χ1v) is 17.6. The number of hydrogen-bond acceptors (Lipinski definition) is 6. The SMILES string of the molecule is COC(=O)CNC(=O)[C@]12CCC(C)(C)C[C@H]1C1=CC[C@@H]3[C@@]4(C)Cc5nc6ccc(O)cc6nc5C(C)(C)C4CC[C@@]3(C)[C@]1(C)CC2. The van der Waals surface area contributed by atoms with Crippen LogP contribution in [0.15, 0.2) is 29.8 Å². The normalized spacial score (nSPS) is 38.6. The Morgan fingerprint density at radius 2 is 1.70 bits per heavy atom. The van der Waals surface area contributed by atoms with Gasteiger partial charge in [0.2, 0.25) is 5.91 Å². The van der Waals surface area contributed by atoms with Crippen molar-refractivity contribution >= 4 is 22.9 Å². The summed E-state index contributed by atoms with van der Waals surface area (Å²) >= 11 is 0. The third-order valence-corrected chi connectivity index (χ3v) is 14.7. The third kappa shape index (κ3) is 4.21. The fraction of sp³-hybridized carbons (Fsp3) is 0.692. The number of hydrogen-bond donors (Lipinski definition) is 2. The Kier molecular flexibility index (Phi) is 6.89. The fourth-order valence-electron chi connectivity index (χ4n) is 12.1. The summed E-state index contributed by atoms with van der Waals surface area (Å²) in [6, 6.07) is 5.34. The minimum atomic E-state index is -0.476. The maximum atomic E-state index is 14.1. The van der Waals surface area contributed by atoms with Crippen LogP contribution in [0.1, 0.15) is 111 Å². The van der Waals surface area contributed by atoms with Crippen LogP contribution in [0.2, 0.25) is 0 Å². The monoisotopic (exact) mass is 627 g/mol. The summed E-state index contributed by atoms with van der Waals surface area (Å²) in [4.78, 5) is 36.5. The number of rotatable bonds is 3. The Bertz CT molecular complexity index is 1660. The van der Waals surface area contributed by atoms with Gasteiger partial charge in [-0.15, -0.1) is 0 Å². The first-order chi connectivity index (χ1) is 21.5. The Morgan fingerprint density at radius 3 is 2.43 bits per heavy atom. The number of benzene rings is 1. The van der Waals surface area contributed by atoms with Gasteiger partial charge in [0.25, 0.3) is 0 Å². The number of nitrogens with zero attached hydrogens (tertiary/aromatic N) is 2. The molecule has 1 aromatic carbocycles. The standard InChI is InChI=1S/C39H53N3O4/c1-34(2)15-17-39(33(45)40-22-31(44)46-8)18-16-37(6)24(25(39)20-34)10-12-30-36(5)21-28-32(35(3,4)29(36)13-14-38(30,37)7)42-27-19-23(43)9-11-26(27)41-28/h9-11,19,25,29-30,43H,12-18,20-22H2,1-8H3,(H,40,45)/t25-,29?,30+,36-,37+,38+,39-/m0/s1. The molecule has 0 radical (unpaired) electrons. The lowest BCUT2D eigenvalue weighted by molar-refractivity contribution is -0.168. The van der Waals surface area contributed by atoms with Gasteiger partial charge in [-0.1, -0.05) is 60.1 Å². The number of fused-ring (bicyclic) bond motifs is 9. The van der Waals surface area contributed by atoms with Gasteiger partial charge < -0.3 is 15.2 Å². The zero-order valence-corrected chi connectivity index (χ0v) is 29.2. The highest BCUT2D eigenvalue weighted by molar-refractivity contribution is 5.87. The van der Waals surface area contributed by atoms with Crippen molar-refractivity contribution in [3.63, 3.8) is 0 Å². The first kappa shape index (κ1) is 31.6. The van der Waals surface area contributed by atoms with E-state index in [1.54, 1.807) is 12.1 Å². The lowest BCUT2D eigenvalue weighted by Gasteiger charge is -2.70. The van der Waals surface area contributed by atoms with E-state index in [-0.39, 0.29) is 51.2 Å². The molecule has 0 saturated heterocycles. The molecule has 46 heavy (non-hydrogen) atoms. The van der Waals surface area contributed by atoms with Crippen molar-refractivity contribution in [2.45, 2.75) is 112 Å². The Balaban J connectivity index is 1.30. The average Bonchev–Trinajstić information content (AvgIpc) is 2.99. The number of aromatic hydroxyl groups is 1. The molecule has 5 aliphatic rings. The number of aromatic nitrogens is 2. The lowest BCUT2D eigenvalue weighted by atomic mass is 9.33. The number of phenols is 1. The van der Waals surface area contributed by atoms with E-state index in [0.29, 0.717) is 11.8 Å². The molecule has 2 aromatic rings. The van der Waals surface area contributed by atoms with Gasteiger partial charge in [-0.25, -0.2) is 9.97 Å². The number of carbonyl (C=O) groups excluding carboxylic acids is 2. The number of allylic oxidation sites excluding steroid dienone is 2. The number of ether oxygens (including phenoxy) is 1. The molecule has 248 valence electrons. The number of carbonyl (C=O) groups is 2. The highest BCUT2D eigenvalue weighted by Gasteiger charge is 2.69. The molecule has 0 bridgehead atoms. The van der Waals surface area contributed by atoms with Gasteiger partial charge in [0.05, 0.1) is 34.9 Å². The van der Waals surface area contributed by atoms with Gasteiger partial charge in [0.15, 0.2) is 0 Å². The smallest absolute Gasteiger partial charge is 0.325 e. The molecule has 7 heteroatoms. The summed E-state index contributed by atoms with van der Waals surface area (Å²) in [6.07, 6.45) is 11.5. The van der Waals surface area contributed by atoms with Gasteiger partial charge in [0, 0.05) is 11.5 Å². The summed E-state index contributed by atoms with van der Waals surface area (Å²) in [5, 5.41) is 13.2. The summed E-state index contributed by atoms with van der Waals surface area (Å²) < 4.78 is 4.86. The van der Waals surface area contributed by atoms with Crippen LogP contribution in [-0.4, -0.2) is 40.6 Å². The number of phenolic OH excluding ortho intramolecular Hbond substituents is 1. The molecule has 1 amide bonds. The van der Waals surface area contributed by atoms with E-state index in [1.807, 2.05) is 6.07 Å². The van der Waals surface area contributed by atoms with Crippen LogP contribution in [0.3, 0.4) is 0 Å². The Labute approximate surface area is 274 Å². The highest BCUT2D eigenvalue weighted by Crippen LogP contribution is 2.75. The molecule has 7 rings (SSSR count). The molecule has 3 saturated carbocycles. The Hall–Kier alpha value is -2.96. The summed E-state index contributed by atoms with van der Waals surface area (Å²) in [6.45, 7) is 17.1. The van der Waals surface area contributed by atoms with E-state index in [1.165, 1.54) is 12.7 Å². The largest absolute Gasteiger partial charge is 0.508 e. The van der Waals surface area contributed by atoms with Crippen LogP contribution in [0.4, 0.5) is 0 Å². The van der Waals surface area contributed by atoms with Gasteiger partial charge in [-0.2, -0.15) is 0 Å². The van der Waals surface area contributed by atoms with E-state index in [2.05, 4.69) is 59.9 Å². The molecule has 3 fully saturated rings. The maximum absolute atomic E-state index is 14.1. The second-order valence-corrected chi connectivity index (χ2v) is 17.7. The zero-order valence-electron chi connectivity index (χ0n) is 29.2. The quantitative estimate of drug-likeness (QED) is 0.271. The van der Waals surface area contributed by atoms with E-state index in [9.17, 15) is 14.7 Å². The summed E-state index contributed by atoms with van der Waals surface area (Å²) in [5.41, 5.74) is 5.01. The molecule has 2 N–H and O–H groups in total. The molecule has 0 aliphatic heterocycles. The maximum Gasteiger partial charge on any atom is 0.325 e. The van der Waals surface area contributed by atoms with Crippen molar-refractivity contribution in [2.24, 2.45) is 44.8 Å². The van der Waals surface area contributed by atoms with E-state index >= 15 is 0 Å². The van der Waals surface area contributed by atoms with Crippen molar-refractivity contribution < 1.29 is 19.4 Å². The predicted molar refractivity (Wildman–Crippen MR) is 179 cm³/mol. The highest BCUT2D eigenvalue weighted by atomic mass is 16.5. The minimum Gasteiger partial charge on any atom is -0.508 e. The van der Waals surface area contributed by atoms with Gasteiger partial charge in [-0.3, -0.25) is 9.59 Å². The number of esters is 1. The summed E-state index contributed by atoms with van der Waals surface area (Å²) in [7, 11) is 1.37. The van der Waals surface area contributed by atoms with Crippen molar-refractivity contribution in [1.82, 2.24) is 15.3 Å². The van der Waals surface area contributed by atoms with E-state index < -0.39 is 11.4 Å². The predicted octanol–water partition coefficient (Wildman–Crippen LogP) is 7.44. The zero-order chi connectivity index (χ0) is 33.1. The number of nitrogens with one attached hydrogen (secondary N) is 1. The van der Waals surface area contributed by atoms with Crippen LogP contribution in [0.25, 0.3) is 11.0 Å². The average molecular weight is 628 g/mol. The van der Waals surface area contributed by atoms with Crippen LogP contribution in [0.5, 0.6) is 5.75 Å². The van der Waals surface area contributed by atoms with Gasteiger partial charge in [-0.05, 0) is 109 Å². The van der Waals surface area contributed by atoms with Crippen molar-refractivity contribution in [3.05, 3.63) is 41.2 Å². The van der Waals surface area contributed by atoms with Crippen LogP contribution >= 0.6 is 0 Å². The van der Waals surface area contributed by atoms with Crippen LogP contribution in [0, 0.1) is 44.8 Å².